The number of fused-ring (bicyclic) bond motifs is 1. The van der Waals surface area contributed by atoms with Crippen molar-refractivity contribution in [3.8, 4) is 6.07 Å². The average Bonchev–Trinajstić information content (AvgIpc) is 3.16. The van der Waals surface area contributed by atoms with Gasteiger partial charge in [0, 0.05) is 36.9 Å². The lowest BCUT2D eigenvalue weighted by atomic mass is 10.1. The van der Waals surface area contributed by atoms with Gasteiger partial charge in [-0.3, -0.25) is 4.79 Å². The van der Waals surface area contributed by atoms with E-state index < -0.39 is 11.7 Å². The number of pyridine rings is 1. The molecule has 1 saturated heterocycles. The molecule has 0 unspecified atom stereocenters. The fourth-order valence-corrected chi connectivity index (χ4v) is 4.71. The Morgan fingerprint density at radius 3 is 2.78 bits per heavy atom. The van der Waals surface area contributed by atoms with Crippen LogP contribution in [0.5, 0.6) is 0 Å². The minimum Gasteiger partial charge on any atom is -0.444 e. The number of benzene rings is 1. The van der Waals surface area contributed by atoms with Gasteiger partial charge in [0.1, 0.15) is 11.1 Å². The van der Waals surface area contributed by atoms with Crippen LogP contribution < -0.4 is 15.8 Å². The summed E-state index contributed by atoms with van der Waals surface area (Å²) < 4.78 is 8.83. The monoisotopic (exact) mass is 510 g/mol. The van der Waals surface area contributed by atoms with Crippen LogP contribution >= 0.6 is 11.6 Å². The van der Waals surface area contributed by atoms with Crippen molar-refractivity contribution in [1.29, 1.82) is 5.26 Å². The molecular weight excluding hydrogens is 480 g/mol. The number of carbonyl (C=O) groups excluding carboxylic acids is 1. The number of ether oxygens (including phenoxy) is 1. The highest BCUT2D eigenvalue weighted by atomic mass is 35.5. The number of aromatic nitrogens is 3. The van der Waals surface area contributed by atoms with Crippen molar-refractivity contribution in [1.82, 2.24) is 19.4 Å². The van der Waals surface area contributed by atoms with E-state index in [4.69, 9.17) is 21.3 Å². The standard InChI is InChI=1S/C26H31ClN6O3/c1-26(2,3)36-25(35)29-18-9-7-13-32(16-18)24-30-21-14-19(11-12-28)31(4)23(34)22(21)33(24)15-17-8-5-6-10-20(17)27/h5-6,8,10,14,18H,7,9,11,13,15-16H2,1-4H3,(H,29,35)/t18-/m1/s1. The minimum atomic E-state index is -0.581. The molecular formula is C26H31ClN6O3. The third-order valence-electron chi connectivity index (χ3n) is 6.19. The Labute approximate surface area is 215 Å². The van der Waals surface area contributed by atoms with Crippen LogP contribution in [0.1, 0.15) is 44.9 Å². The average molecular weight is 511 g/mol. The van der Waals surface area contributed by atoms with E-state index in [9.17, 15) is 14.9 Å². The summed E-state index contributed by atoms with van der Waals surface area (Å²) in [5.41, 5.74) is 1.66. The number of nitriles is 1. The van der Waals surface area contributed by atoms with E-state index in [0.29, 0.717) is 40.8 Å². The second-order valence-corrected chi connectivity index (χ2v) is 10.5. The summed E-state index contributed by atoms with van der Waals surface area (Å²) in [4.78, 5) is 32.8. The van der Waals surface area contributed by atoms with E-state index in [2.05, 4.69) is 16.3 Å². The van der Waals surface area contributed by atoms with E-state index >= 15 is 0 Å². The number of amides is 1. The molecule has 0 saturated carbocycles. The van der Waals surface area contributed by atoms with Crippen LogP contribution in [0.4, 0.5) is 10.7 Å². The first-order valence-corrected chi connectivity index (χ1v) is 12.4. The van der Waals surface area contributed by atoms with Gasteiger partial charge in [0.25, 0.3) is 5.56 Å². The number of rotatable bonds is 5. The lowest BCUT2D eigenvalue weighted by Crippen LogP contribution is -2.49. The number of hydrogen-bond donors (Lipinski definition) is 1. The first-order valence-electron chi connectivity index (χ1n) is 12.0. The van der Waals surface area contributed by atoms with Crippen LogP contribution in [0, 0.1) is 11.3 Å². The predicted octanol–water partition coefficient (Wildman–Crippen LogP) is 4.00. The van der Waals surface area contributed by atoms with Crippen LogP contribution in [0.3, 0.4) is 0 Å². The van der Waals surface area contributed by atoms with Crippen molar-refractivity contribution in [2.45, 2.75) is 58.2 Å². The zero-order valence-corrected chi connectivity index (χ0v) is 21.8. The largest absolute Gasteiger partial charge is 0.444 e. The maximum Gasteiger partial charge on any atom is 0.407 e. The third kappa shape index (κ3) is 5.49. The maximum absolute atomic E-state index is 13.4. The normalized spacial score (nSPS) is 16.1. The van der Waals surface area contributed by atoms with Gasteiger partial charge in [0.15, 0.2) is 0 Å². The summed E-state index contributed by atoms with van der Waals surface area (Å²) in [6.45, 7) is 7.10. The van der Waals surface area contributed by atoms with Crippen LogP contribution in [-0.2, 0) is 24.8 Å². The third-order valence-corrected chi connectivity index (χ3v) is 6.56. The smallest absolute Gasteiger partial charge is 0.407 e. The Morgan fingerprint density at radius 2 is 2.08 bits per heavy atom. The molecule has 4 rings (SSSR count). The van der Waals surface area contributed by atoms with Gasteiger partial charge in [-0.1, -0.05) is 29.8 Å². The number of imidazole rings is 1. The Balaban J connectivity index is 1.74. The molecule has 0 aliphatic carbocycles. The first kappa shape index (κ1) is 25.6. The number of nitrogens with zero attached hydrogens (tertiary/aromatic N) is 5. The Hall–Kier alpha value is -3.51. The zero-order chi connectivity index (χ0) is 26.0. The Bertz CT molecular complexity index is 1380. The highest BCUT2D eigenvalue weighted by Crippen LogP contribution is 2.27. The molecule has 1 N–H and O–H groups in total. The van der Waals surface area contributed by atoms with Crippen molar-refractivity contribution in [2.75, 3.05) is 18.0 Å². The van der Waals surface area contributed by atoms with Gasteiger partial charge in [0.2, 0.25) is 5.95 Å². The van der Waals surface area contributed by atoms with Crippen LogP contribution in [-0.4, -0.2) is 44.9 Å². The lowest BCUT2D eigenvalue weighted by molar-refractivity contribution is 0.0500. The van der Waals surface area contributed by atoms with Gasteiger partial charge in [-0.05, 0) is 51.3 Å². The number of carbonyl (C=O) groups is 1. The number of nitrogens with one attached hydrogen (secondary N) is 1. The molecule has 2 aromatic heterocycles. The fourth-order valence-electron chi connectivity index (χ4n) is 4.52. The molecule has 0 bridgehead atoms. The van der Waals surface area contributed by atoms with Gasteiger partial charge in [-0.15, -0.1) is 0 Å². The highest BCUT2D eigenvalue weighted by molar-refractivity contribution is 6.31. The summed E-state index contributed by atoms with van der Waals surface area (Å²) in [6.07, 6.45) is 1.32. The molecule has 10 heteroatoms. The second-order valence-electron chi connectivity index (χ2n) is 10.1. The van der Waals surface area contributed by atoms with Gasteiger partial charge in [-0.25, -0.2) is 9.78 Å². The van der Waals surface area contributed by atoms with E-state index in [1.807, 2.05) is 49.6 Å². The highest BCUT2D eigenvalue weighted by Gasteiger charge is 2.28. The predicted molar refractivity (Wildman–Crippen MR) is 139 cm³/mol. The van der Waals surface area contributed by atoms with Gasteiger partial charge >= 0.3 is 6.09 Å². The molecule has 1 aliphatic heterocycles. The molecule has 3 aromatic rings. The number of piperidine rings is 1. The summed E-state index contributed by atoms with van der Waals surface area (Å²) in [7, 11) is 1.67. The number of halogens is 1. The number of alkyl carbamates (subject to hydrolysis) is 1. The van der Waals surface area contributed by atoms with Crippen molar-refractivity contribution in [3.05, 3.63) is 57.0 Å². The summed E-state index contributed by atoms with van der Waals surface area (Å²) in [5, 5.41) is 12.8. The molecule has 0 radical (unpaired) electrons. The SMILES string of the molecule is Cn1c(CC#N)cc2nc(N3CCC[C@@H](NC(=O)OC(C)(C)C)C3)n(Cc3ccccc3Cl)c2c1=O. The molecule has 3 heterocycles. The minimum absolute atomic E-state index is 0.111. The quantitative estimate of drug-likeness (QED) is 0.556. The van der Waals surface area contributed by atoms with Crippen LogP contribution in [0.2, 0.25) is 5.02 Å². The van der Waals surface area contributed by atoms with E-state index in [0.717, 1.165) is 24.9 Å². The Kier molecular flexibility index (Phi) is 7.27. The van der Waals surface area contributed by atoms with Crippen LogP contribution in [0.15, 0.2) is 35.1 Å². The lowest BCUT2D eigenvalue weighted by Gasteiger charge is -2.34. The maximum atomic E-state index is 13.4. The number of hydrogen-bond acceptors (Lipinski definition) is 6. The fraction of sp³-hybridized carbons (Fsp3) is 0.462. The summed E-state index contributed by atoms with van der Waals surface area (Å²) in [6, 6.07) is 11.3. The molecule has 1 fully saturated rings. The molecule has 1 amide bonds. The zero-order valence-electron chi connectivity index (χ0n) is 21.0. The van der Waals surface area contributed by atoms with Crippen molar-refractivity contribution in [3.63, 3.8) is 0 Å². The topological polar surface area (TPSA) is 105 Å². The molecule has 36 heavy (non-hydrogen) atoms. The van der Waals surface area contributed by atoms with Gasteiger partial charge in [-0.2, -0.15) is 5.26 Å². The van der Waals surface area contributed by atoms with E-state index in [1.54, 1.807) is 13.1 Å². The molecule has 9 nitrogen and oxygen atoms in total. The van der Waals surface area contributed by atoms with Gasteiger partial charge in [0.05, 0.1) is 24.6 Å². The van der Waals surface area contributed by atoms with E-state index in [-0.39, 0.29) is 18.0 Å². The molecule has 1 aromatic carbocycles. The molecule has 0 spiro atoms. The summed E-state index contributed by atoms with van der Waals surface area (Å²) in [5.74, 6) is 0.631. The Morgan fingerprint density at radius 1 is 1.33 bits per heavy atom. The van der Waals surface area contributed by atoms with Crippen molar-refractivity contribution >= 4 is 34.7 Å². The van der Waals surface area contributed by atoms with Crippen molar-refractivity contribution < 1.29 is 9.53 Å². The second kappa shape index (κ2) is 10.2. The van der Waals surface area contributed by atoms with Gasteiger partial charge < -0.3 is 24.1 Å². The van der Waals surface area contributed by atoms with Crippen LogP contribution in [0.25, 0.3) is 11.0 Å². The molecule has 190 valence electrons. The number of anilines is 1. The molecule has 1 aliphatic rings. The molecule has 1 atom stereocenters. The first-order chi connectivity index (χ1) is 17.1. The van der Waals surface area contributed by atoms with E-state index in [1.165, 1.54) is 4.57 Å². The summed E-state index contributed by atoms with van der Waals surface area (Å²) >= 11 is 6.47. The van der Waals surface area contributed by atoms with Crippen molar-refractivity contribution in [2.24, 2.45) is 7.05 Å².